The number of rotatable bonds is 2. The number of nitrogen functional groups attached to an aromatic ring is 1. The molecule has 0 aromatic carbocycles. The van der Waals surface area contributed by atoms with E-state index in [1.165, 1.54) is 0 Å². The number of ether oxygens (including phenoxy) is 1. The van der Waals surface area contributed by atoms with Crippen LogP contribution in [0.25, 0.3) is 0 Å². The number of carbonyl (C=O) groups excluding carboxylic acids is 1. The van der Waals surface area contributed by atoms with Gasteiger partial charge in [-0.05, 0) is 32.8 Å². The minimum atomic E-state index is -0.481. The fourth-order valence-electron chi connectivity index (χ4n) is 2.83. The lowest BCUT2D eigenvalue weighted by Crippen LogP contribution is -2.58. The van der Waals surface area contributed by atoms with Gasteiger partial charge in [-0.1, -0.05) is 13.8 Å². The number of hydrogen-bond acceptors (Lipinski definition) is 5. The van der Waals surface area contributed by atoms with Crippen molar-refractivity contribution >= 4 is 17.5 Å². The molecule has 128 valence electrons. The minimum Gasteiger partial charge on any atom is -0.444 e. The first-order valence-corrected chi connectivity index (χ1v) is 8.13. The molecule has 23 heavy (non-hydrogen) atoms. The standard InChI is InChI=1S/C17H28N4O2/c1-12(2)15-11-20(14-6-7-19-10-13(14)18)8-9-21(15)16(22)23-17(3,4)5/h6-7,10,12,15H,8-9,11,18H2,1-5H3/t15-/m0/s1. The molecule has 2 rings (SSSR count). The molecule has 0 saturated carbocycles. The molecule has 0 radical (unpaired) electrons. The molecule has 1 amide bonds. The predicted molar refractivity (Wildman–Crippen MR) is 92.4 cm³/mol. The molecule has 0 aliphatic carbocycles. The normalized spacial score (nSPS) is 19.1. The fraction of sp³-hybridized carbons (Fsp3) is 0.647. The molecule has 1 aliphatic heterocycles. The van der Waals surface area contributed by atoms with Crippen LogP contribution in [-0.2, 0) is 4.74 Å². The summed E-state index contributed by atoms with van der Waals surface area (Å²) >= 11 is 0. The molecular weight excluding hydrogens is 292 g/mol. The topological polar surface area (TPSA) is 71.7 Å². The van der Waals surface area contributed by atoms with E-state index in [1.807, 2.05) is 31.7 Å². The van der Waals surface area contributed by atoms with Gasteiger partial charge in [0, 0.05) is 25.8 Å². The largest absolute Gasteiger partial charge is 0.444 e. The maximum absolute atomic E-state index is 12.5. The predicted octanol–water partition coefficient (Wildman–Crippen LogP) is 2.75. The van der Waals surface area contributed by atoms with Gasteiger partial charge in [-0.15, -0.1) is 0 Å². The van der Waals surface area contributed by atoms with Crippen LogP contribution in [0.15, 0.2) is 18.5 Å². The number of anilines is 2. The van der Waals surface area contributed by atoms with Crippen molar-refractivity contribution in [2.45, 2.75) is 46.3 Å². The van der Waals surface area contributed by atoms with E-state index in [9.17, 15) is 4.79 Å². The molecule has 6 heteroatoms. The Hall–Kier alpha value is -1.98. The number of nitrogens with zero attached hydrogens (tertiary/aromatic N) is 3. The van der Waals surface area contributed by atoms with Gasteiger partial charge in [-0.25, -0.2) is 4.79 Å². The molecule has 1 aromatic heterocycles. The quantitative estimate of drug-likeness (QED) is 0.907. The molecule has 1 fully saturated rings. The summed E-state index contributed by atoms with van der Waals surface area (Å²) in [6.07, 6.45) is 3.18. The zero-order valence-electron chi connectivity index (χ0n) is 14.7. The summed E-state index contributed by atoms with van der Waals surface area (Å²) in [5, 5.41) is 0. The molecule has 0 unspecified atom stereocenters. The Morgan fingerprint density at radius 1 is 1.39 bits per heavy atom. The average molecular weight is 320 g/mol. The number of hydrogen-bond donors (Lipinski definition) is 1. The summed E-state index contributed by atoms with van der Waals surface area (Å²) in [5.74, 6) is 0.327. The first-order chi connectivity index (χ1) is 10.7. The van der Waals surface area contributed by atoms with Crippen LogP contribution in [0.1, 0.15) is 34.6 Å². The van der Waals surface area contributed by atoms with Gasteiger partial charge in [0.05, 0.1) is 23.6 Å². The highest BCUT2D eigenvalue weighted by Crippen LogP contribution is 2.27. The average Bonchev–Trinajstić information content (AvgIpc) is 2.45. The van der Waals surface area contributed by atoms with Crippen molar-refractivity contribution in [1.82, 2.24) is 9.88 Å². The van der Waals surface area contributed by atoms with Crippen molar-refractivity contribution in [3.05, 3.63) is 18.5 Å². The second-order valence-corrected chi connectivity index (χ2v) is 7.37. The van der Waals surface area contributed by atoms with Crippen molar-refractivity contribution in [2.24, 2.45) is 5.92 Å². The van der Waals surface area contributed by atoms with Crippen molar-refractivity contribution in [1.29, 1.82) is 0 Å². The Balaban J connectivity index is 2.15. The van der Waals surface area contributed by atoms with Gasteiger partial charge in [0.25, 0.3) is 0 Å². The highest BCUT2D eigenvalue weighted by atomic mass is 16.6. The first-order valence-electron chi connectivity index (χ1n) is 8.13. The van der Waals surface area contributed by atoms with Gasteiger partial charge in [0.1, 0.15) is 5.60 Å². The molecule has 0 bridgehead atoms. The van der Waals surface area contributed by atoms with Crippen LogP contribution in [0.2, 0.25) is 0 Å². The molecule has 0 spiro atoms. The minimum absolute atomic E-state index is 0.0890. The molecule has 1 aromatic rings. The third-order valence-corrected chi connectivity index (χ3v) is 3.98. The van der Waals surface area contributed by atoms with Crippen LogP contribution in [-0.4, -0.2) is 47.3 Å². The van der Waals surface area contributed by atoms with Crippen LogP contribution in [0.4, 0.5) is 16.2 Å². The lowest BCUT2D eigenvalue weighted by Gasteiger charge is -2.44. The summed E-state index contributed by atoms with van der Waals surface area (Å²) in [6.45, 7) is 12.0. The Morgan fingerprint density at radius 3 is 2.65 bits per heavy atom. The van der Waals surface area contributed by atoms with E-state index in [0.717, 1.165) is 18.8 Å². The summed E-state index contributed by atoms with van der Waals surface area (Å²) < 4.78 is 5.56. The Labute approximate surface area is 138 Å². The van der Waals surface area contributed by atoms with Gasteiger partial charge in [0.2, 0.25) is 0 Å². The van der Waals surface area contributed by atoms with Crippen LogP contribution in [0.5, 0.6) is 0 Å². The number of piperazine rings is 1. The highest BCUT2D eigenvalue weighted by molar-refractivity contribution is 5.70. The Morgan fingerprint density at radius 2 is 2.09 bits per heavy atom. The third-order valence-electron chi connectivity index (χ3n) is 3.98. The van der Waals surface area contributed by atoms with Gasteiger partial charge >= 0.3 is 6.09 Å². The molecule has 2 N–H and O–H groups in total. The molecular formula is C17H28N4O2. The number of nitrogens with two attached hydrogens (primary N) is 1. The monoisotopic (exact) mass is 320 g/mol. The fourth-order valence-corrected chi connectivity index (χ4v) is 2.83. The van der Waals surface area contributed by atoms with Crippen molar-refractivity contribution in [2.75, 3.05) is 30.3 Å². The number of carbonyl (C=O) groups is 1. The maximum atomic E-state index is 12.5. The molecule has 1 saturated heterocycles. The lowest BCUT2D eigenvalue weighted by molar-refractivity contribution is 0.00884. The molecule has 2 heterocycles. The summed E-state index contributed by atoms with van der Waals surface area (Å²) in [4.78, 5) is 20.6. The van der Waals surface area contributed by atoms with Gasteiger partial charge in [0.15, 0.2) is 0 Å². The maximum Gasteiger partial charge on any atom is 0.410 e. The zero-order valence-corrected chi connectivity index (χ0v) is 14.7. The zero-order chi connectivity index (χ0) is 17.2. The van der Waals surface area contributed by atoms with Crippen molar-refractivity contribution in [3.63, 3.8) is 0 Å². The summed E-state index contributed by atoms with van der Waals surface area (Å²) in [5.41, 5.74) is 7.21. The van der Waals surface area contributed by atoms with Crippen LogP contribution >= 0.6 is 0 Å². The lowest BCUT2D eigenvalue weighted by atomic mass is 9.99. The Bertz CT molecular complexity index is 554. The molecule has 1 aliphatic rings. The van der Waals surface area contributed by atoms with E-state index in [-0.39, 0.29) is 12.1 Å². The van der Waals surface area contributed by atoms with Crippen molar-refractivity contribution < 1.29 is 9.53 Å². The highest BCUT2D eigenvalue weighted by Gasteiger charge is 2.35. The second-order valence-electron chi connectivity index (χ2n) is 7.37. The van der Waals surface area contributed by atoms with E-state index in [0.29, 0.717) is 18.2 Å². The summed E-state index contributed by atoms with van der Waals surface area (Å²) in [6, 6.07) is 2.02. The SMILES string of the molecule is CC(C)[C@@H]1CN(c2ccncc2N)CCN1C(=O)OC(C)(C)C. The van der Waals surface area contributed by atoms with E-state index >= 15 is 0 Å². The second kappa shape index (κ2) is 6.64. The number of amides is 1. The van der Waals surface area contributed by atoms with E-state index in [2.05, 4.69) is 23.7 Å². The van der Waals surface area contributed by atoms with Gasteiger partial charge in [-0.2, -0.15) is 0 Å². The van der Waals surface area contributed by atoms with E-state index in [1.54, 1.807) is 12.4 Å². The van der Waals surface area contributed by atoms with Crippen LogP contribution < -0.4 is 10.6 Å². The van der Waals surface area contributed by atoms with E-state index < -0.39 is 5.60 Å². The van der Waals surface area contributed by atoms with Crippen LogP contribution in [0, 0.1) is 5.92 Å². The third kappa shape index (κ3) is 4.27. The van der Waals surface area contributed by atoms with E-state index in [4.69, 9.17) is 10.5 Å². The van der Waals surface area contributed by atoms with Crippen molar-refractivity contribution in [3.8, 4) is 0 Å². The summed E-state index contributed by atoms with van der Waals surface area (Å²) in [7, 11) is 0. The first kappa shape index (κ1) is 17.4. The van der Waals surface area contributed by atoms with Gasteiger partial charge < -0.3 is 20.3 Å². The molecule has 6 nitrogen and oxygen atoms in total. The number of pyridine rings is 1. The van der Waals surface area contributed by atoms with Crippen LogP contribution in [0.3, 0.4) is 0 Å². The molecule has 1 atom stereocenters. The smallest absolute Gasteiger partial charge is 0.410 e. The number of aromatic nitrogens is 1. The van der Waals surface area contributed by atoms with Gasteiger partial charge in [-0.3, -0.25) is 4.98 Å². The Kier molecular flexibility index (Phi) is 5.02.